The summed E-state index contributed by atoms with van der Waals surface area (Å²) in [6.07, 6.45) is 1.71. The first kappa shape index (κ1) is 21.0. The average Bonchev–Trinajstić information content (AvgIpc) is 3.49. The fourth-order valence-electron chi connectivity index (χ4n) is 3.69. The molecule has 0 fully saturated rings. The third-order valence-corrected chi connectivity index (χ3v) is 7.34. The molecule has 32 heavy (non-hydrogen) atoms. The summed E-state index contributed by atoms with van der Waals surface area (Å²) >= 11 is 9.13. The van der Waals surface area contributed by atoms with E-state index in [0.717, 1.165) is 4.88 Å². The molecule has 2 aliphatic rings. The van der Waals surface area contributed by atoms with Crippen LogP contribution in [0.4, 0.5) is 0 Å². The lowest BCUT2D eigenvalue weighted by molar-refractivity contribution is -0.139. The van der Waals surface area contributed by atoms with Crippen LogP contribution in [0.15, 0.2) is 50.7 Å². The van der Waals surface area contributed by atoms with Crippen molar-refractivity contribution in [1.82, 2.24) is 4.57 Å². The summed E-state index contributed by atoms with van der Waals surface area (Å²) in [6.45, 7) is 3.88. The lowest BCUT2D eigenvalue weighted by Crippen LogP contribution is -2.39. The molecule has 7 nitrogen and oxygen atoms in total. The molecular formula is C22H17ClN2O5S2. The summed E-state index contributed by atoms with van der Waals surface area (Å²) in [6, 6.07) is 6.61. The van der Waals surface area contributed by atoms with Gasteiger partial charge in [-0.2, -0.15) is 0 Å². The van der Waals surface area contributed by atoms with Crippen molar-refractivity contribution >= 4 is 46.3 Å². The van der Waals surface area contributed by atoms with Crippen LogP contribution in [0.25, 0.3) is 6.08 Å². The Morgan fingerprint density at radius 1 is 1.38 bits per heavy atom. The molecule has 3 aromatic rings. The number of rotatable bonds is 4. The van der Waals surface area contributed by atoms with E-state index in [1.54, 1.807) is 36.6 Å². The van der Waals surface area contributed by atoms with Gasteiger partial charge in [0.1, 0.15) is 6.04 Å². The number of hydrogen-bond donors (Lipinski definition) is 0. The standard InChI is InChI=1S/C22H17ClN2O5S2/c1-3-28-21(27)18-11(2)24-22-25(19(18)16-5-4-6-31-16)20(26)17(32-22)8-12-7-14-15(9-13(12)23)30-10-29-14/h4-9,19H,3,10H2,1-2H3/b17-8-/t19-/m1/s1. The van der Waals surface area contributed by atoms with Gasteiger partial charge in [0.15, 0.2) is 16.3 Å². The monoisotopic (exact) mass is 488 g/mol. The molecule has 0 radical (unpaired) electrons. The second-order valence-electron chi connectivity index (χ2n) is 7.04. The van der Waals surface area contributed by atoms with Crippen LogP contribution < -0.4 is 24.4 Å². The van der Waals surface area contributed by atoms with Crippen LogP contribution >= 0.6 is 34.3 Å². The number of nitrogens with zero attached hydrogens (tertiary/aromatic N) is 2. The fraction of sp³-hybridized carbons (Fsp3) is 0.227. The average molecular weight is 489 g/mol. The van der Waals surface area contributed by atoms with Gasteiger partial charge in [0.05, 0.1) is 27.4 Å². The highest BCUT2D eigenvalue weighted by atomic mass is 35.5. The summed E-state index contributed by atoms with van der Waals surface area (Å²) in [5.74, 6) is 0.673. The van der Waals surface area contributed by atoms with E-state index >= 15 is 0 Å². The lowest BCUT2D eigenvalue weighted by Gasteiger charge is -2.23. The largest absolute Gasteiger partial charge is 0.463 e. The van der Waals surface area contributed by atoms with E-state index in [4.69, 9.17) is 25.8 Å². The van der Waals surface area contributed by atoms with Crippen molar-refractivity contribution < 1.29 is 19.0 Å². The first-order chi connectivity index (χ1) is 15.5. The van der Waals surface area contributed by atoms with Crippen LogP contribution in [0.3, 0.4) is 0 Å². The van der Waals surface area contributed by atoms with E-state index in [0.29, 0.717) is 42.7 Å². The molecule has 0 saturated heterocycles. The van der Waals surface area contributed by atoms with Gasteiger partial charge >= 0.3 is 5.97 Å². The number of aromatic nitrogens is 1. The highest BCUT2D eigenvalue weighted by Crippen LogP contribution is 2.37. The number of benzene rings is 1. The normalized spacial score (nSPS) is 17.3. The predicted molar refractivity (Wildman–Crippen MR) is 122 cm³/mol. The molecule has 0 N–H and O–H groups in total. The van der Waals surface area contributed by atoms with Gasteiger partial charge in [0.25, 0.3) is 5.56 Å². The molecule has 4 heterocycles. The first-order valence-electron chi connectivity index (χ1n) is 9.80. The van der Waals surface area contributed by atoms with Gasteiger partial charge in [-0.1, -0.05) is 29.0 Å². The van der Waals surface area contributed by atoms with Gasteiger partial charge in [0.2, 0.25) is 6.79 Å². The van der Waals surface area contributed by atoms with E-state index in [-0.39, 0.29) is 19.0 Å². The smallest absolute Gasteiger partial charge is 0.338 e. The first-order valence-corrected chi connectivity index (χ1v) is 11.9. The highest BCUT2D eigenvalue weighted by Gasteiger charge is 2.33. The minimum absolute atomic E-state index is 0.133. The Balaban J connectivity index is 1.70. The van der Waals surface area contributed by atoms with E-state index in [9.17, 15) is 9.59 Å². The SMILES string of the molecule is CCOC(=O)C1=C(C)N=c2s/c(=C\c3cc4c(cc3Cl)OCO4)c(=O)n2[C@@H]1c1cccs1. The Morgan fingerprint density at radius 2 is 2.16 bits per heavy atom. The van der Waals surface area contributed by atoms with Gasteiger partial charge in [-0.3, -0.25) is 9.36 Å². The Hall–Kier alpha value is -2.88. The maximum atomic E-state index is 13.5. The molecule has 0 amide bonds. The van der Waals surface area contributed by atoms with Gasteiger partial charge in [-0.15, -0.1) is 11.3 Å². The van der Waals surface area contributed by atoms with Crippen LogP contribution in [0.5, 0.6) is 11.5 Å². The number of hydrogen-bond acceptors (Lipinski definition) is 8. The molecule has 0 aliphatic carbocycles. The summed E-state index contributed by atoms with van der Waals surface area (Å²) in [4.78, 5) is 32.2. The Bertz CT molecular complexity index is 1440. The van der Waals surface area contributed by atoms with Crippen molar-refractivity contribution in [3.8, 4) is 11.5 Å². The molecule has 1 aromatic carbocycles. The Morgan fingerprint density at radius 3 is 2.88 bits per heavy atom. The summed E-state index contributed by atoms with van der Waals surface area (Å²) in [5.41, 5.74) is 1.29. The zero-order valence-electron chi connectivity index (χ0n) is 17.1. The summed E-state index contributed by atoms with van der Waals surface area (Å²) in [7, 11) is 0. The quantitative estimate of drug-likeness (QED) is 0.527. The van der Waals surface area contributed by atoms with Gasteiger partial charge in [-0.25, -0.2) is 9.79 Å². The molecule has 164 valence electrons. The molecule has 5 rings (SSSR count). The Kier molecular flexibility index (Phi) is 5.40. The minimum Gasteiger partial charge on any atom is -0.463 e. The number of ether oxygens (including phenoxy) is 3. The third-order valence-electron chi connectivity index (χ3n) is 5.11. The van der Waals surface area contributed by atoms with Crippen molar-refractivity contribution in [3.63, 3.8) is 0 Å². The number of esters is 1. The maximum absolute atomic E-state index is 13.5. The van der Waals surface area contributed by atoms with Gasteiger partial charge in [-0.05, 0) is 43.0 Å². The van der Waals surface area contributed by atoms with Crippen LogP contribution in [0.1, 0.15) is 30.3 Å². The number of carbonyl (C=O) groups excluding carboxylic acids is 1. The number of halogens is 1. The van der Waals surface area contributed by atoms with Crippen molar-refractivity contribution in [2.24, 2.45) is 4.99 Å². The molecule has 0 bridgehead atoms. The molecule has 0 saturated carbocycles. The van der Waals surface area contributed by atoms with Crippen LogP contribution in [0, 0.1) is 0 Å². The molecule has 10 heteroatoms. The lowest BCUT2D eigenvalue weighted by atomic mass is 10.0. The van der Waals surface area contributed by atoms with E-state index < -0.39 is 12.0 Å². The number of thiazole rings is 1. The summed E-state index contributed by atoms with van der Waals surface area (Å²) < 4.78 is 18.1. The fourth-order valence-corrected chi connectivity index (χ4v) is 5.76. The topological polar surface area (TPSA) is 79.1 Å². The van der Waals surface area contributed by atoms with Crippen molar-refractivity contribution in [1.29, 1.82) is 0 Å². The van der Waals surface area contributed by atoms with Gasteiger partial charge in [0, 0.05) is 10.9 Å². The summed E-state index contributed by atoms with van der Waals surface area (Å²) in [5, 5.41) is 2.36. The maximum Gasteiger partial charge on any atom is 0.338 e. The van der Waals surface area contributed by atoms with Gasteiger partial charge < -0.3 is 14.2 Å². The number of thiophene rings is 1. The highest BCUT2D eigenvalue weighted by molar-refractivity contribution is 7.10. The zero-order valence-corrected chi connectivity index (χ0v) is 19.5. The molecule has 2 aromatic heterocycles. The van der Waals surface area contributed by atoms with E-state index in [2.05, 4.69) is 4.99 Å². The molecule has 2 aliphatic heterocycles. The number of fused-ring (bicyclic) bond motifs is 2. The second-order valence-corrected chi connectivity index (χ2v) is 9.44. The third kappa shape index (κ3) is 3.46. The molecule has 0 unspecified atom stereocenters. The zero-order chi connectivity index (χ0) is 22.4. The number of carbonyl (C=O) groups is 1. The molecule has 1 atom stereocenters. The van der Waals surface area contributed by atoms with Crippen molar-refractivity contribution in [3.05, 3.63) is 76.1 Å². The van der Waals surface area contributed by atoms with Crippen LogP contribution in [0.2, 0.25) is 5.02 Å². The molecular weight excluding hydrogens is 472 g/mol. The minimum atomic E-state index is -0.598. The van der Waals surface area contributed by atoms with Crippen LogP contribution in [-0.4, -0.2) is 23.9 Å². The second kappa shape index (κ2) is 8.23. The van der Waals surface area contributed by atoms with Crippen molar-refractivity contribution in [2.45, 2.75) is 19.9 Å². The molecule has 0 spiro atoms. The van der Waals surface area contributed by atoms with E-state index in [1.165, 1.54) is 22.7 Å². The Labute approximate surface area is 195 Å². The number of allylic oxidation sites excluding steroid dienone is 1. The predicted octanol–water partition coefficient (Wildman–Crippen LogP) is 3.24. The van der Waals surface area contributed by atoms with E-state index in [1.807, 2.05) is 17.5 Å². The van der Waals surface area contributed by atoms with Crippen molar-refractivity contribution in [2.75, 3.05) is 13.4 Å². The van der Waals surface area contributed by atoms with Crippen LogP contribution in [-0.2, 0) is 9.53 Å².